The molecule has 4 rings (SSSR count). The first kappa shape index (κ1) is 31.3. The standard InChI is InChI=1S/C27H47N5O5Si3/c1-17(2)39(18(3)4)34-15-22-24(36-40(37-39,19(5)6)20(7)8)27(33,12-13-38(9,10)11)23(35-22)21-14-29-26-25(28)30-16-31-32(21)26/h14,16-20,22-24,33H,15H2,1-11H3,(H2,28,30,31)/t22-,23+,24-,27-/m1/s1. The molecule has 2 aliphatic rings. The van der Waals surface area contributed by atoms with Gasteiger partial charge in [0.05, 0.1) is 18.5 Å². The van der Waals surface area contributed by atoms with Crippen LogP contribution in [0.4, 0.5) is 5.82 Å². The van der Waals surface area contributed by atoms with E-state index in [9.17, 15) is 5.11 Å². The van der Waals surface area contributed by atoms with Gasteiger partial charge in [0.1, 0.15) is 32.7 Å². The summed E-state index contributed by atoms with van der Waals surface area (Å²) in [5.41, 5.74) is 9.28. The van der Waals surface area contributed by atoms with Crippen molar-refractivity contribution in [2.75, 3.05) is 12.3 Å². The fraction of sp³-hybridized carbons (Fsp3) is 0.741. The number of nitrogen functional groups attached to an aromatic ring is 1. The average Bonchev–Trinajstić information content (AvgIpc) is 3.36. The molecular formula is C27H47N5O5Si3. The number of hydrogen-bond donors (Lipinski definition) is 2. The Kier molecular flexibility index (Phi) is 8.52. The molecule has 2 aromatic rings. The van der Waals surface area contributed by atoms with E-state index in [0.717, 1.165) is 0 Å². The highest BCUT2D eigenvalue weighted by Crippen LogP contribution is 2.51. The van der Waals surface area contributed by atoms with Crippen LogP contribution >= 0.6 is 0 Å². The summed E-state index contributed by atoms with van der Waals surface area (Å²) in [7, 11) is -7.72. The number of nitrogens with zero attached hydrogens (tertiary/aromatic N) is 4. The van der Waals surface area contributed by atoms with Crippen molar-refractivity contribution >= 4 is 36.7 Å². The Morgan fingerprint density at radius 3 is 2.17 bits per heavy atom. The number of aliphatic hydroxyl groups is 1. The first-order valence-corrected chi connectivity index (χ1v) is 21.8. The number of hydrogen-bond acceptors (Lipinski definition) is 9. The summed E-state index contributed by atoms with van der Waals surface area (Å²) < 4.78 is 29.8. The number of imidazole rings is 1. The Morgan fingerprint density at radius 1 is 1.02 bits per heavy atom. The molecule has 2 fully saturated rings. The second kappa shape index (κ2) is 10.9. The monoisotopic (exact) mass is 605 g/mol. The van der Waals surface area contributed by atoms with Gasteiger partial charge in [0, 0.05) is 0 Å². The van der Waals surface area contributed by atoms with Crippen molar-refractivity contribution in [1.29, 1.82) is 0 Å². The van der Waals surface area contributed by atoms with E-state index in [2.05, 4.69) is 102 Å². The van der Waals surface area contributed by atoms with Crippen LogP contribution in [0.15, 0.2) is 12.5 Å². The van der Waals surface area contributed by atoms with Gasteiger partial charge in [-0.15, -0.1) is 5.54 Å². The Balaban J connectivity index is 1.94. The molecular weight excluding hydrogens is 559 g/mol. The van der Waals surface area contributed by atoms with Crippen molar-refractivity contribution in [1.82, 2.24) is 19.6 Å². The lowest BCUT2D eigenvalue weighted by Crippen LogP contribution is -2.67. The number of rotatable bonds is 5. The highest BCUT2D eigenvalue weighted by molar-refractivity contribution is 6.84. The van der Waals surface area contributed by atoms with Crippen molar-refractivity contribution in [3.05, 3.63) is 18.2 Å². The molecule has 0 unspecified atom stereocenters. The second-order valence-electron chi connectivity index (χ2n) is 13.5. The maximum atomic E-state index is 12.7. The zero-order chi connectivity index (χ0) is 29.8. The fourth-order valence-corrected chi connectivity index (χ4v) is 17.7. The van der Waals surface area contributed by atoms with Crippen molar-refractivity contribution in [3.8, 4) is 11.5 Å². The third-order valence-electron chi connectivity index (χ3n) is 8.07. The third kappa shape index (κ3) is 5.22. The summed E-state index contributed by atoms with van der Waals surface area (Å²) in [6, 6.07) is 0. The molecule has 0 bridgehead atoms. The molecule has 222 valence electrons. The van der Waals surface area contributed by atoms with E-state index in [1.165, 1.54) is 6.33 Å². The van der Waals surface area contributed by atoms with Crippen LogP contribution in [0, 0.1) is 11.5 Å². The Morgan fingerprint density at radius 2 is 1.62 bits per heavy atom. The van der Waals surface area contributed by atoms with Gasteiger partial charge >= 0.3 is 17.1 Å². The molecule has 4 atom stereocenters. The summed E-state index contributed by atoms with van der Waals surface area (Å²) in [6.45, 7) is 24.0. The van der Waals surface area contributed by atoms with Crippen molar-refractivity contribution < 1.29 is 22.8 Å². The normalized spacial score (nSPS) is 28.6. The van der Waals surface area contributed by atoms with Gasteiger partial charge in [0.25, 0.3) is 0 Å². The van der Waals surface area contributed by atoms with Gasteiger partial charge in [-0.1, -0.05) is 81.0 Å². The van der Waals surface area contributed by atoms with Crippen LogP contribution in [-0.4, -0.2) is 74.3 Å². The third-order valence-corrected chi connectivity index (χ3v) is 19.2. The van der Waals surface area contributed by atoms with E-state index in [1.807, 2.05) is 0 Å². The highest BCUT2D eigenvalue weighted by Gasteiger charge is 2.65. The zero-order valence-corrected chi connectivity index (χ0v) is 28.8. The van der Waals surface area contributed by atoms with Gasteiger partial charge in [-0.05, 0) is 22.2 Å². The predicted octanol–water partition coefficient (Wildman–Crippen LogP) is 4.71. The number of ether oxygens (including phenoxy) is 1. The average molecular weight is 606 g/mol. The molecule has 0 aromatic carbocycles. The van der Waals surface area contributed by atoms with E-state index in [-0.39, 0.29) is 34.6 Å². The van der Waals surface area contributed by atoms with Crippen LogP contribution in [-0.2, 0) is 17.7 Å². The van der Waals surface area contributed by atoms with E-state index in [0.29, 0.717) is 11.3 Å². The number of anilines is 1. The van der Waals surface area contributed by atoms with Gasteiger partial charge in [-0.2, -0.15) is 5.10 Å². The maximum absolute atomic E-state index is 12.7. The molecule has 10 nitrogen and oxygen atoms in total. The molecule has 4 heterocycles. The number of aromatic nitrogens is 4. The van der Waals surface area contributed by atoms with E-state index in [1.54, 1.807) is 10.7 Å². The minimum Gasteiger partial charge on any atom is -0.414 e. The summed E-state index contributed by atoms with van der Waals surface area (Å²) in [5, 5.41) is 17.1. The molecule has 3 N–H and O–H groups in total. The van der Waals surface area contributed by atoms with Crippen molar-refractivity contribution in [2.45, 2.75) is 121 Å². The minimum atomic E-state index is -3.04. The van der Waals surface area contributed by atoms with E-state index < -0.39 is 49.1 Å². The van der Waals surface area contributed by atoms with Crippen LogP contribution in [0.5, 0.6) is 0 Å². The molecule has 2 aromatic heterocycles. The highest BCUT2D eigenvalue weighted by atomic mass is 28.5. The number of nitrogens with two attached hydrogens (primary N) is 1. The Bertz CT molecular complexity index is 1270. The maximum Gasteiger partial charge on any atom is 0.335 e. The topological polar surface area (TPSA) is 126 Å². The van der Waals surface area contributed by atoms with Gasteiger partial charge in [-0.3, -0.25) is 0 Å². The molecule has 0 saturated carbocycles. The first-order chi connectivity index (χ1) is 18.5. The largest absolute Gasteiger partial charge is 0.414 e. The summed E-state index contributed by atoms with van der Waals surface area (Å²) >= 11 is 0. The Labute approximate surface area is 241 Å². The molecule has 0 aliphatic carbocycles. The van der Waals surface area contributed by atoms with Gasteiger partial charge in [0.2, 0.25) is 0 Å². The van der Waals surface area contributed by atoms with Crippen LogP contribution in [0.3, 0.4) is 0 Å². The molecule has 0 spiro atoms. The van der Waals surface area contributed by atoms with E-state index in [4.69, 9.17) is 23.4 Å². The lowest BCUT2D eigenvalue weighted by molar-refractivity contribution is -0.0437. The molecule has 40 heavy (non-hydrogen) atoms. The summed E-state index contributed by atoms with van der Waals surface area (Å²) in [4.78, 5) is 8.51. The second-order valence-corrected chi connectivity index (χ2v) is 27.1. The molecule has 2 aliphatic heterocycles. The lowest BCUT2D eigenvalue weighted by atomic mass is 9.90. The molecule has 2 saturated heterocycles. The molecule has 13 heteroatoms. The molecule has 0 amide bonds. The SMILES string of the molecule is CC(C)[Si]1(C(C)C)OC[C@H]2O[C@@H](c3cnc4c(N)ncnn34)[C@](O)(C#C[Si](C)(C)C)[C@@H]2O[Si](C(C)C)(C(C)C)O1. The lowest BCUT2D eigenvalue weighted by Gasteiger charge is -2.52. The van der Waals surface area contributed by atoms with E-state index >= 15 is 0 Å². The van der Waals surface area contributed by atoms with Gasteiger partial charge < -0.3 is 28.5 Å². The summed E-state index contributed by atoms with van der Waals surface area (Å²) in [6.07, 6.45) is 0.714. The predicted molar refractivity (Wildman–Crippen MR) is 163 cm³/mol. The Hall–Kier alpha value is -1.64. The van der Waals surface area contributed by atoms with Crippen molar-refractivity contribution in [2.24, 2.45) is 0 Å². The van der Waals surface area contributed by atoms with Crippen LogP contribution in [0.1, 0.15) is 67.2 Å². The van der Waals surface area contributed by atoms with Gasteiger partial charge in [-0.25, -0.2) is 14.5 Å². The van der Waals surface area contributed by atoms with Crippen LogP contribution in [0.25, 0.3) is 5.65 Å². The smallest absolute Gasteiger partial charge is 0.335 e. The quantitative estimate of drug-likeness (QED) is 0.368. The van der Waals surface area contributed by atoms with Gasteiger partial charge in [0.15, 0.2) is 17.1 Å². The number of fused-ring (bicyclic) bond motifs is 2. The summed E-state index contributed by atoms with van der Waals surface area (Å²) in [5.74, 6) is 3.51. The van der Waals surface area contributed by atoms with Crippen LogP contribution in [0.2, 0.25) is 41.8 Å². The minimum absolute atomic E-state index is 0.0933. The zero-order valence-electron chi connectivity index (χ0n) is 25.8. The van der Waals surface area contributed by atoms with Crippen molar-refractivity contribution in [3.63, 3.8) is 0 Å². The fourth-order valence-electron chi connectivity index (χ4n) is 5.95. The molecule has 0 radical (unpaired) electrons. The van der Waals surface area contributed by atoms with Crippen LogP contribution < -0.4 is 5.73 Å². The first-order valence-electron chi connectivity index (χ1n) is 14.4.